The SMILES string of the molecule is CCNC(=NCCCc1c(C)noc1C)N1CCC[C@H](C(=O)OCC)C1.I. The number of hydrogen-bond donors (Lipinski definition) is 1. The minimum absolute atomic E-state index is 0. The molecule has 0 aliphatic carbocycles. The van der Waals surface area contributed by atoms with E-state index in [0.717, 1.165) is 62.7 Å². The Morgan fingerprint density at radius 2 is 2.19 bits per heavy atom. The molecule has 1 saturated heterocycles. The Labute approximate surface area is 179 Å². The van der Waals surface area contributed by atoms with Crippen molar-refractivity contribution in [2.75, 3.05) is 32.8 Å². The van der Waals surface area contributed by atoms with Gasteiger partial charge in [0.1, 0.15) is 5.76 Å². The number of aliphatic imine (C=N–C) groups is 1. The minimum atomic E-state index is -0.0912. The highest BCUT2D eigenvalue weighted by atomic mass is 127. The van der Waals surface area contributed by atoms with E-state index in [4.69, 9.17) is 14.3 Å². The molecule has 2 rings (SSSR count). The van der Waals surface area contributed by atoms with Gasteiger partial charge in [-0.2, -0.15) is 0 Å². The molecule has 1 aliphatic heterocycles. The maximum absolute atomic E-state index is 12.1. The highest BCUT2D eigenvalue weighted by Crippen LogP contribution is 2.18. The number of carbonyl (C=O) groups is 1. The number of aryl methyl sites for hydroxylation is 2. The van der Waals surface area contributed by atoms with E-state index in [9.17, 15) is 4.79 Å². The molecule has 0 spiro atoms. The van der Waals surface area contributed by atoms with E-state index in [1.165, 1.54) is 5.56 Å². The van der Waals surface area contributed by atoms with E-state index in [2.05, 4.69) is 22.3 Å². The summed E-state index contributed by atoms with van der Waals surface area (Å²) in [5.74, 6) is 1.63. The maximum Gasteiger partial charge on any atom is 0.310 e. The topological polar surface area (TPSA) is 80.0 Å². The molecule has 2 heterocycles. The van der Waals surface area contributed by atoms with Crippen LogP contribution in [-0.4, -0.2) is 54.8 Å². The average molecular weight is 492 g/mol. The summed E-state index contributed by atoms with van der Waals surface area (Å²) in [6.07, 6.45) is 3.72. The van der Waals surface area contributed by atoms with Crippen LogP contribution in [0.3, 0.4) is 0 Å². The molecule has 0 radical (unpaired) electrons. The van der Waals surface area contributed by atoms with Gasteiger partial charge in [0.05, 0.1) is 18.2 Å². The smallest absolute Gasteiger partial charge is 0.310 e. The first-order valence-electron chi connectivity index (χ1n) is 9.68. The van der Waals surface area contributed by atoms with Gasteiger partial charge in [-0.3, -0.25) is 9.79 Å². The lowest BCUT2D eigenvalue weighted by atomic mass is 9.98. The number of rotatable bonds is 7. The Hall–Kier alpha value is -1.32. The predicted octanol–water partition coefficient (Wildman–Crippen LogP) is 3.08. The van der Waals surface area contributed by atoms with Crippen LogP contribution in [0.5, 0.6) is 0 Å². The summed E-state index contributed by atoms with van der Waals surface area (Å²) in [5.41, 5.74) is 2.15. The van der Waals surface area contributed by atoms with Crippen molar-refractivity contribution in [3.63, 3.8) is 0 Å². The zero-order valence-corrected chi connectivity index (χ0v) is 19.2. The van der Waals surface area contributed by atoms with Crippen LogP contribution < -0.4 is 5.32 Å². The first kappa shape index (κ1) is 23.7. The zero-order valence-electron chi connectivity index (χ0n) is 16.9. The van der Waals surface area contributed by atoms with Crippen LogP contribution in [0.15, 0.2) is 9.52 Å². The van der Waals surface area contributed by atoms with Gasteiger partial charge in [-0.1, -0.05) is 5.16 Å². The molecular formula is C19H33IN4O3. The molecule has 27 heavy (non-hydrogen) atoms. The maximum atomic E-state index is 12.1. The quantitative estimate of drug-likeness (QED) is 0.207. The van der Waals surface area contributed by atoms with E-state index < -0.39 is 0 Å². The minimum Gasteiger partial charge on any atom is -0.466 e. The van der Waals surface area contributed by atoms with Crippen LogP contribution in [0.2, 0.25) is 0 Å². The number of nitrogens with zero attached hydrogens (tertiary/aromatic N) is 3. The number of esters is 1. The van der Waals surface area contributed by atoms with Gasteiger partial charge in [0, 0.05) is 31.7 Å². The lowest BCUT2D eigenvalue weighted by molar-refractivity contribution is -0.149. The van der Waals surface area contributed by atoms with Crippen LogP contribution >= 0.6 is 24.0 Å². The van der Waals surface area contributed by atoms with Crippen molar-refractivity contribution >= 4 is 35.9 Å². The largest absolute Gasteiger partial charge is 0.466 e. The molecule has 1 N–H and O–H groups in total. The standard InChI is InChI=1S/C19H32N4O3.HI/c1-5-20-19(21-11-7-10-17-14(3)22-26-15(17)4)23-12-8-9-16(13-23)18(24)25-6-2;/h16H,5-13H2,1-4H3,(H,20,21);1H/t16-;/m0./s1. The molecule has 1 aliphatic rings. The molecule has 0 aromatic carbocycles. The summed E-state index contributed by atoms with van der Waals surface area (Å²) >= 11 is 0. The Kier molecular flexibility index (Phi) is 10.7. The normalized spacial score (nSPS) is 17.4. The van der Waals surface area contributed by atoms with E-state index in [1.54, 1.807) is 0 Å². The van der Waals surface area contributed by atoms with Crippen molar-refractivity contribution in [1.82, 2.24) is 15.4 Å². The lowest BCUT2D eigenvalue weighted by Crippen LogP contribution is -2.48. The molecule has 1 aromatic heterocycles. The molecular weight excluding hydrogens is 459 g/mol. The zero-order chi connectivity index (χ0) is 18.9. The molecule has 1 fully saturated rings. The first-order chi connectivity index (χ1) is 12.6. The summed E-state index contributed by atoms with van der Waals surface area (Å²) in [6, 6.07) is 0. The number of ether oxygens (including phenoxy) is 1. The van der Waals surface area contributed by atoms with Crippen LogP contribution in [0.4, 0.5) is 0 Å². The third-order valence-corrected chi connectivity index (χ3v) is 4.70. The second-order valence-electron chi connectivity index (χ2n) is 6.68. The molecule has 0 amide bonds. The summed E-state index contributed by atoms with van der Waals surface area (Å²) in [4.78, 5) is 19.0. The van der Waals surface area contributed by atoms with Crippen molar-refractivity contribution < 1.29 is 14.1 Å². The summed E-state index contributed by atoms with van der Waals surface area (Å²) in [7, 11) is 0. The Balaban J connectivity index is 0.00000364. The monoisotopic (exact) mass is 492 g/mol. The molecule has 0 bridgehead atoms. The van der Waals surface area contributed by atoms with Gasteiger partial charge in [-0.15, -0.1) is 24.0 Å². The van der Waals surface area contributed by atoms with Gasteiger partial charge in [-0.25, -0.2) is 0 Å². The molecule has 7 nitrogen and oxygen atoms in total. The Morgan fingerprint density at radius 3 is 2.81 bits per heavy atom. The first-order valence-corrected chi connectivity index (χ1v) is 9.68. The number of guanidine groups is 1. The fourth-order valence-corrected chi connectivity index (χ4v) is 3.35. The van der Waals surface area contributed by atoms with Gasteiger partial charge in [-0.05, 0) is 53.4 Å². The van der Waals surface area contributed by atoms with E-state index in [-0.39, 0.29) is 35.9 Å². The summed E-state index contributed by atoms with van der Waals surface area (Å²) in [6.45, 7) is 11.4. The van der Waals surface area contributed by atoms with Gasteiger partial charge in [0.25, 0.3) is 0 Å². The molecule has 0 unspecified atom stereocenters. The molecule has 154 valence electrons. The summed E-state index contributed by atoms with van der Waals surface area (Å²) < 4.78 is 10.4. The number of piperidine rings is 1. The number of carbonyl (C=O) groups excluding carboxylic acids is 1. The lowest BCUT2D eigenvalue weighted by Gasteiger charge is -2.34. The van der Waals surface area contributed by atoms with Gasteiger partial charge in [0.15, 0.2) is 5.96 Å². The van der Waals surface area contributed by atoms with Crippen molar-refractivity contribution in [2.24, 2.45) is 10.9 Å². The third kappa shape index (κ3) is 6.97. The fourth-order valence-electron chi connectivity index (χ4n) is 3.35. The van der Waals surface area contributed by atoms with Crippen molar-refractivity contribution in [1.29, 1.82) is 0 Å². The highest BCUT2D eigenvalue weighted by Gasteiger charge is 2.28. The van der Waals surface area contributed by atoms with Crippen molar-refractivity contribution in [2.45, 2.75) is 53.4 Å². The number of likely N-dealkylation sites (tertiary alicyclic amines) is 1. The molecule has 8 heteroatoms. The van der Waals surface area contributed by atoms with Crippen LogP contribution in [0.25, 0.3) is 0 Å². The predicted molar refractivity (Wildman–Crippen MR) is 117 cm³/mol. The van der Waals surface area contributed by atoms with E-state index >= 15 is 0 Å². The third-order valence-electron chi connectivity index (χ3n) is 4.70. The second-order valence-corrected chi connectivity index (χ2v) is 6.68. The van der Waals surface area contributed by atoms with Crippen LogP contribution in [0, 0.1) is 19.8 Å². The average Bonchev–Trinajstić information content (AvgIpc) is 2.96. The molecule has 1 aromatic rings. The fraction of sp³-hybridized carbons (Fsp3) is 0.737. The molecule has 0 saturated carbocycles. The van der Waals surface area contributed by atoms with E-state index in [0.29, 0.717) is 13.2 Å². The van der Waals surface area contributed by atoms with Crippen molar-refractivity contribution in [3.05, 3.63) is 17.0 Å². The van der Waals surface area contributed by atoms with Crippen molar-refractivity contribution in [3.8, 4) is 0 Å². The summed E-state index contributed by atoms with van der Waals surface area (Å²) in [5, 5.41) is 7.35. The van der Waals surface area contributed by atoms with Gasteiger partial charge in [0.2, 0.25) is 0 Å². The second kappa shape index (κ2) is 12.2. The number of nitrogens with one attached hydrogen (secondary N) is 1. The van der Waals surface area contributed by atoms with E-state index in [1.807, 2.05) is 20.8 Å². The Morgan fingerprint density at radius 1 is 1.41 bits per heavy atom. The number of halogens is 1. The molecule has 1 atom stereocenters. The highest BCUT2D eigenvalue weighted by molar-refractivity contribution is 14.0. The van der Waals surface area contributed by atoms with Crippen LogP contribution in [-0.2, 0) is 16.0 Å². The number of hydrogen-bond acceptors (Lipinski definition) is 5. The van der Waals surface area contributed by atoms with Crippen LogP contribution in [0.1, 0.15) is 50.1 Å². The van der Waals surface area contributed by atoms with Gasteiger partial charge < -0.3 is 19.5 Å². The van der Waals surface area contributed by atoms with Gasteiger partial charge >= 0.3 is 5.97 Å². The Bertz CT molecular complexity index is 599. The number of aromatic nitrogens is 1.